The Morgan fingerprint density at radius 3 is 2.64 bits per heavy atom. The molecule has 1 heterocycles. The molecule has 3 nitrogen and oxygen atoms in total. The van der Waals surface area contributed by atoms with Crippen LogP contribution in [0.5, 0.6) is 0 Å². The zero-order valence-corrected chi connectivity index (χ0v) is 6.39. The van der Waals surface area contributed by atoms with Gasteiger partial charge in [0.1, 0.15) is 5.66 Å². The highest BCUT2D eigenvalue weighted by molar-refractivity contribution is 5.43. The zero-order valence-electron chi connectivity index (χ0n) is 6.39. The average Bonchev–Trinajstić information content (AvgIpc) is 2.70. The van der Waals surface area contributed by atoms with Gasteiger partial charge in [-0.05, 0) is 24.6 Å². The maximum absolute atomic E-state index is 5.63. The Labute approximate surface area is 65.6 Å². The van der Waals surface area contributed by atoms with E-state index in [1.54, 1.807) is 0 Å². The van der Waals surface area contributed by atoms with E-state index in [1.807, 2.05) is 24.3 Å². The molecule has 1 aromatic carbocycles. The summed E-state index contributed by atoms with van der Waals surface area (Å²) in [6.45, 7) is 2.07. The van der Waals surface area contributed by atoms with Crippen LogP contribution in [0.4, 0.5) is 5.69 Å². The van der Waals surface area contributed by atoms with Crippen molar-refractivity contribution in [2.75, 3.05) is 5.73 Å². The lowest BCUT2D eigenvalue weighted by molar-refractivity contribution is 0.736. The number of nitrogens with one attached hydrogen (secondary N) is 2. The highest BCUT2D eigenvalue weighted by Crippen LogP contribution is 2.25. The molecule has 0 spiro atoms. The predicted molar refractivity (Wildman–Crippen MR) is 44.5 cm³/mol. The van der Waals surface area contributed by atoms with Crippen molar-refractivity contribution in [3.63, 3.8) is 0 Å². The van der Waals surface area contributed by atoms with Gasteiger partial charge in [-0.15, -0.1) is 0 Å². The van der Waals surface area contributed by atoms with Crippen molar-refractivity contribution in [1.29, 1.82) is 0 Å². The minimum atomic E-state index is -0.0463. The van der Waals surface area contributed by atoms with E-state index in [0.29, 0.717) is 0 Å². The van der Waals surface area contributed by atoms with Crippen LogP contribution in [0, 0.1) is 0 Å². The first-order valence-electron chi connectivity index (χ1n) is 3.61. The Morgan fingerprint density at radius 1 is 1.36 bits per heavy atom. The van der Waals surface area contributed by atoms with Crippen LogP contribution in [0.3, 0.4) is 0 Å². The van der Waals surface area contributed by atoms with Gasteiger partial charge in [0.2, 0.25) is 0 Å². The van der Waals surface area contributed by atoms with Crippen LogP contribution in [0.1, 0.15) is 12.5 Å². The van der Waals surface area contributed by atoms with E-state index in [0.717, 1.165) is 5.69 Å². The summed E-state index contributed by atoms with van der Waals surface area (Å²) < 4.78 is 0. The summed E-state index contributed by atoms with van der Waals surface area (Å²) in [4.78, 5) is 0. The quantitative estimate of drug-likeness (QED) is 0.403. The lowest BCUT2D eigenvalue weighted by atomic mass is 10.1. The van der Waals surface area contributed by atoms with Crippen molar-refractivity contribution in [3.8, 4) is 0 Å². The first kappa shape index (κ1) is 6.64. The third-order valence-corrected chi connectivity index (χ3v) is 1.96. The molecule has 58 valence electrons. The number of nitrogens with two attached hydrogens (primary N) is 1. The van der Waals surface area contributed by atoms with Gasteiger partial charge >= 0.3 is 0 Å². The van der Waals surface area contributed by atoms with Gasteiger partial charge in [-0.1, -0.05) is 12.1 Å². The second-order valence-electron chi connectivity index (χ2n) is 3.00. The molecule has 0 atom stereocenters. The largest absolute Gasteiger partial charge is 0.399 e. The van der Waals surface area contributed by atoms with E-state index in [1.165, 1.54) is 5.56 Å². The van der Waals surface area contributed by atoms with Crippen LogP contribution in [0.25, 0.3) is 0 Å². The van der Waals surface area contributed by atoms with E-state index < -0.39 is 0 Å². The van der Waals surface area contributed by atoms with Gasteiger partial charge in [0.15, 0.2) is 0 Å². The molecule has 1 aliphatic rings. The molecule has 0 radical (unpaired) electrons. The molecular weight excluding hydrogens is 138 g/mol. The van der Waals surface area contributed by atoms with Crippen LogP contribution in [-0.4, -0.2) is 0 Å². The fourth-order valence-electron chi connectivity index (χ4n) is 1.09. The van der Waals surface area contributed by atoms with E-state index in [2.05, 4.69) is 17.8 Å². The lowest BCUT2D eigenvalue weighted by Crippen LogP contribution is -2.08. The summed E-state index contributed by atoms with van der Waals surface area (Å²) in [5.41, 5.74) is 13.7. The van der Waals surface area contributed by atoms with Crippen molar-refractivity contribution in [1.82, 2.24) is 10.9 Å². The Morgan fingerprint density at radius 2 is 2.09 bits per heavy atom. The van der Waals surface area contributed by atoms with Gasteiger partial charge in [-0.3, -0.25) is 0 Å². The fraction of sp³-hybridized carbons (Fsp3) is 0.250. The van der Waals surface area contributed by atoms with E-state index in [-0.39, 0.29) is 5.66 Å². The van der Waals surface area contributed by atoms with E-state index in [4.69, 9.17) is 5.73 Å². The molecule has 4 N–H and O–H groups in total. The average molecular weight is 149 g/mol. The predicted octanol–water partition coefficient (Wildman–Crippen LogP) is 0.549. The highest BCUT2D eigenvalue weighted by atomic mass is 15.7. The summed E-state index contributed by atoms with van der Waals surface area (Å²) in [7, 11) is 0. The summed E-state index contributed by atoms with van der Waals surface area (Å²) >= 11 is 0. The normalized spacial score (nSPS) is 19.7. The number of hydrogen-bond acceptors (Lipinski definition) is 3. The van der Waals surface area contributed by atoms with E-state index >= 15 is 0 Å². The van der Waals surface area contributed by atoms with Crippen molar-refractivity contribution >= 4 is 5.69 Å². The molecule has 1 saturated heterocycles. The summed E-state index contributed by atoms with van der Waals surface area (Å²) in [6, 6.07) is 7.85. The molecule has 3 heteroatoms. The van der Waals surface area contributed by atoms with Crippen LogP contribution >= 0.6 is 0 Å². The molecule has 0 bridgehead atoms. The Balaban J connectivity index is 2.38. The zero-order chi connectivity index (χ0) is 7.90. The molecule has 0 aliphatic carbocycles. The molecule has 0 aromatic heterocycles. The third kappa shape index (κ3) is 1.08. The smallest absolute Gasteiger partial charge is 0.117 e. The SMILES string of the molecule is CC1(c2cccc(N)c2)NN1. The monoisotopic (exact) mass is 149 g/mol. The Hall–Kier alpha value is -1.06. The van der Waals surface area contributed by atoms with Crippen molar-refractivity contribution in [3.05, 3.63) is 29.8 Å². The Bertz CT molecular complexity index is 278. The summed E-state index contributed by atoms with van der Waals surface area (Å²) in [5.74, 6) is 0. The fourth-order valence-corrected chi connectivity index (χ4v) is 1.09. The third-order valence-electron chi connectivity index (χ3n) is 1.96. The van der Waals surface area contributed by atoms with Gasteiger partial charge < -0.3 is 5.73 Å². The molecule has 1 fully saturated rings. The topological polar surface area (TPSA) is 69.9 Å². The minimum Gasteiger partial charge on any atom is -0.399 e. The lowest BCUT2D eigenvalue weighted by Gasteiger charge is -2.04. The molecule has 0 saturated carbocycles. The summed E-state index contributed by atoms with van der Waals surface area (Å²) in [5, 5.41) is 0. The van der Waals surface area contributed by atoms with Gasteiger partial charge in [0, 0.05) is 5.69 Å². The van der Waals surface area contributed by atoms with E-state index in [9.17, 15) is 0 Å². The Kier molecular flexibility index (Phi) is 1.19. The maximum atomic E-state index is 5.63. The first-order chi connectivity index (χ1) is 5.21. The van der Waals surface area contributed by atoms with Gasteiger partial charge in [-0.2, -0.15) is 0 Å². The number of anilines is 1. The van der Waals surface area contributed by atoms with Gasteiger partial charge in [0.25, 0.3) is 0 Å². The standard InChI is InChI=1S/C8H11N3/c1-8(10-11-8)6-3-2-4-7(9)5-6/h2-5,10-11H,9H2,1H3. The molecular formula is C8H11N3. The molecule has 0 unspecified atom stereocenters. The van der Waals surface area contributed by atoms with Crippen LogP contribution in [0.15, 0.2) is 24.3 Å². The molecule has 1 aromatic rings. The number of hydrogen-bond donors (Lipinski definition) is 3. The highest BCUT2D eigenvalue weighted by Gasteiger charge is 2.37. The minimum absolute atomic E-state index is 0.0463. The number of rotatable bonds is 1. The van der Waals surface area contributed by atoms with Gasteiger partial charge in [-0.25, -0.2) is 10.9 Å². The van der Waals surface area contributed by atoms with Crippen molar-refractivity contribution in [2.24, 2.45) is 0 Å². The van der Waals surface area contributed by atoms with Gasteiger partial charge in [0.05, 0.1) is 0 Å². The van der Waals surface area contributed by atoms with Crippen LogP contribution in [0.2, 0.25) is 0 Å². The molecule has 2 rings (SSSR count). The number of nitrogen functional groups attached to an aromatic ring is 1. The molecule has 0 amide bonds. The molecule has 1 aliphatic heterocycles. The second-order valence-corrected chi connectivity index (χ2v) is 3.00. The summed E-state index contributed by atoms with van der Waals surface area (Å²) in [6.07, 6.45) is 0. The van der Waals surface area contributed by atoms with Crippen LogP contribution in [-0.2, 0) is 5.66 Å². The van der Waals surface area contributed by atoms with Crippen molar-refractivity contribution < 1.29 is 0 Å². The number of benzene rings is 1. The number of hydrazine groups is 1. The second kappa shape index (κ2) is 1.96. The molecule has 11 heavy (non-hydrogen) atoms. The first-order valence-corrected chi connectivity index (χ1v) is 3.61. The maximum Gasteiger partial charge on any atom is 0.117 e. The van der Waals surface area contributed by atoms with Crippen molar-refractivity contribution in [2.45, 2.75) is 12.6 Å². The van der Waals surface area contributed by atoms with Crippen LogP contribution < -0.4 is 16.6 Å².